The fraction of sp³-hybridized carbons (Fsp3) is 0.935. The van der Waals surface area contributed by atoms with Crippen LogP contribution in [0.3, 0.4) is 0 Å². The van der Waals surface area contributed by atoms with Crippen LogP contribution >= 0.6 is 0 Å². The molecule has 0 bridgehead atoms. The molecule has 0 aromatic rings. The maximum absolute atomic E-state index is 12.6. The number of fused-ring (bicyclic) bond motifs is 5. The number of carbonyl (C=O) groups excluding carboxylic acids is 1. The molecule has 0 aromatic heterocycles. The van der Waals surface area contributed by atoms with Gasteiger partial charge in [-0.2, -0.15) is 0 Å². The zero-order valence-corrected chi connectivity index (χ0v) is 34.0. The Morgan fingerprint density at radius 3 is 2.12 bits per heavy atom. The molecule has 3 saturated carbocycles. The van der Waals surface area contributed by atoms with Crippen molar-refractivity contribution in [1.29, 1.82) is 0 Å². The summed E-state index contributed by atoms with van der Waals surface area (Å²) >= 11 is 0. The Bertz CT molecular complexity index is 1000. The van der Waals surface area contributed by atoms with Gasteiger partial charge in [-0.1, -0.05) is 150 Å². The summed E-state index contributed by atoms with van der Waals surface area (Å²) in [6, 6.07) is 0. The molecule has 0 spiro atoms. The fourth-order valence-corrected chi connectivity index (χ4v) is 11.7. The lowest BCUT2D eigenvalue weighted by Crippen LogP contribution is -2.51. The van der Waals surface area contributed by atoms with E-state index in [-0.39, 0.29) is 18.7 Å². The first-order valence-corrected chi connectivity index (χ1v) is 22.2. The lowest BCUT2D eigenvalue weighted by molar-refractivity contribution is -0.157. The van der Waals surface area contributed by atoms with Gasteiger partial charge < -0.3 is 14.6 Å². The fourth-order valence-electron chi connectivity index (χ4n) is 11.7. The maximum atomic E-state index is 12.6. The number of ether oxygens (including phenoxy) is 2. The summed E-state index contributed by atoms with van der Waals surface area (Å²) in [4.78, 5) is 12.6. The number of aliphatic hydroxyl groups excluding tert-OH is 1. The summed E-state index contributed by atoms with van der Waals surface area (Å²) in [7, 11) is 0. The molecule has 4 aliphatic carbocycles. The number of rotatable bonds is 24. The van der Waals surface area contributed by atoms with E-state index < -0.39 is 6.10 Å². The summed E-state index contributed by atoms with van der Waals surface area (Å²) in [5.41, 5.74) is 2.47. The Morgan fingerprint density at radius 1 is 0.820 bits per heavy atom. The molecule has 290 valence electrons. The van der Waals surface area contributed by atoms with Gasteiger partial charge in [0.25, 0.3) is 0 Å². The van der Waals surface area contributed by atoms with Gasteiger partial charge in [0.1, 0.15) is 6.10 Å². The molecule has 0 amide bonds. The third-order valence-corrected chi connectivity index (χ3v) is 14.8. The first kappa shape index (κ1) is 41.9. The Hall–Kier alpha value is -0.870. The Kier molecular flexibility index (Phi) is 17.7. The number of hydrogen-bond acceptors (Lipinski definition) is 4. The van der Waals surface area contributed by atoms with E-state index in [9.17, 15) is 9.90 Å². The highest BCUT2D eigenvalue weighted by molar-refractivity contribution is 5.69. The molecule has 3 fully saturated rings. The van der Waals surface area contributed by atoms with Crippen LogP contribution in [0.5, 0.6) is 0 Å². The van der Waals surface area contributed by atoms with Crippen molar-refractivity contribution in [3.05, 3.63) is 11.6 Å². The van der Waals surface area contributed by atoms with E-state index in [1.807, 2.05) is 0 Å². The molecule has 1 N–H and O–H groups in total. The highest BCUT2D eigenvalue weighted by Crippen LogP contribution is 2.67. The SMILES string of the molecule is CCCCCCCCCCCCCCCC(=O)OC(CO)CO[C@H]1CC[C@@]2(C)C(=CC[C@H]3[C@@H]4CC[C@H]([C@H](C)CCCC(C)C)[C@@]4(C)CC[C@@H]32)C1. The van der Waals surface area contributed by atoms with E-state index in [2.05, 4.69) is 47.6 Å². The van der Waals surface area contributed by atoms with Crippen LogP contribution in [-0.2, 0) is 14.3 Å². The average Bonchev–Trinajstić information content (AvgIpc) is 3.45. The molecule has 4 aliphatic rings. The van der Waals surface area contributed by atoms with E-state index in [0.29, 0.717) is 23.9 Å². The number of allylic oxidation sites excluding steroid dienone is 1. The van der Waals surface area contributed by atoms with Gasteiger partial charge in [0.05, 0.1) is 19.3 Å². The van der Waals surface area contributed by atoms with E-state index in [4.69, 9.17) is 9.47 Å². The van der Waals surface area contributed by atoms with E-state index >= 15 is 0 Å². The van der Waals surface area contributed by atoms with Crippen molar-refractivity contribution in [1.82, 2.24) is 0 Å². The number of carbonyl (C=O) groups is 1. The van der Waals surface area contributed by atoms with Crippen molar-refractivity contribution in [3.63, 3.8) is 0 Å². The predicted molar refractivity (Wildman–Crippen MR) is 210 cm³/mol. The first-order chi connectivity index (χ1) is 24.1. The predicted octanol–water partition coefficient (Wildman–Crippen LogP) is 12.8. The summed E-state index contributed by atoms with van der Waals surface area (Å²) in [6.07, 6.45) is 33.9. The van der Waals surface area contributed by atoms with Crippen LogP contribution in [0.25, 0.3) is 0 Å². The smallest absolute Gasteiger partial charge is 0.306 e. The van der Waals surface area contributed by atoms with Gasteiger partial charge in [0.2, 0.25) is 0 Å². The standard InChI is InChI=1S/C46H82O4/c1-7-8-9-10-11-12-13-14-15-16-17-18-19-23-44(48)50-39(33-47)34-49-38-28-30-45(5)37(32-38)24-25-40-42-27-26-41(36(4)22-20-21-35(2)3)46(42,6)31-29-43(40)45/h24,35-36,38-43,47H,7-23,25-34H2,1-6H3/t36-,38+,39?,40+,41-,42+,43+,45+,46-/m1/s1. The molecule has 0 aromatic carbocycles. The molecule has 4 heteroatoms. The number of aliphatic hydroxyl groups is 1. The van der Waals surface area contributed by atoms with Gasteiger partial charge in [-0.25, -0.2) is 0 Å². The van der Waals surface area contributed by atoms with Crippen molar-refractivity contribution in [2.45, 2.75) is 214 Å². The average molecular weight is 699 g/mol. The van der Waals surface area contributed by atoms with Gasteiger partial charge in [0, 0.05) is 6.42 Å². The number of unbranched alkanes of at least 4 members (excludes halogenated alkanes) is 12. The van der Waals surface area contributed by atoms with Crippen LogP contribution in [-0.4, -0.2) is 36.5 Å². The van der Waals surface area contributed by atoms with E-state index in [1.54, 1.807) is 5.57 Å². The zero-order chi connectivity index (χ0) is 36.0. The third kappa shape index (κ3) is 11.6. The molecule has 4 rings (SSSR count). The Labute approximate surface area is 310 Å². The largest absolute Gasteiger partial charge is 0.457 e. The minimum Gasteiger partial charge on any atom is -0.457 e. The van der Waals surface area contributed by atoms with Gasteiger partial charge in [-0.05, 0) is 104 Å². The molecular weight excluding hydrogens is 617 g/mol. The van der Waals surface area contributed by atoms with E-state index in [0.717, 1.165) is 61.2 Å². The monoisotopic (exact) mass is 699 g/mol. The van der Waals surface area contributed by atoms with Crippen molar-refractivity contribution in [2.24, 2.45) is 46.3 Å². The number of hydrogen-bond donors (Lipinski definition) is 1. The van der Waals surface area contributed by atoms with Crippen LogP contribution in [0.1, 0.15) is 202 Å². The molecular formula is C46H82O4. The molecule has 0 heterocycles. The van der Waals surface area contributed by atoms with Crippen molar-refractivity contribution < 1.29 is 19.4 Å². The Morgan fingerprint density at radius 2 is 1.48 bits per heavy atom. The summed E-state index contributed by atoms with van der Waals surface area (Å²) in [5.74, 6) is 4.96. The van der Waals surface area contributed by atoms with Gasteiger partial charge >= 0.3 is 5.97 Å². The second-order valence-corrected chi connectivity index (χ2v) is 18.8. The molecule has 50 heavy (non-hydrogen) atoms. The lowest BCUT2D eigenvalue weighted by Gasteiger charge is -2.58. The van der Waals surface area contributed by atoms with Crippen LogP contribution < -0.4 is 0 Å². The molecule has 0 saturated heterocycles. The highest BCUT2D eigenvalue weighted by Gasteiger charge is 2.59. The second kappa shape index (κ2) is 21.1. The molecule has 0 radical (unpaired) electrons. The molecule has 9 atom stereocenters. The molecule has 1 unspecified atom stereocenters. The quantitative estimate of drug-likeness (QED) is 0.0619. The minimum absolute atomic E-state index is 0.163. The normalized spacial score (nSPS) is 31.8. The van der Waals surface area contributed by atoms with Gasteiger partial charge in [-0.15, -0.1) is 0 Å². The molecule has 4 nitrogen and oxygen atoms in total. The van der Waals surface area contributed by atoms with Crippen LogP contribution in [0.4, 0.5) is 0 Å². The zero-order valence-electron chi connectivity index (χ0n) is 34.0. The maximum Gasteiger partial charge on any atom is 0.306 e. The van der Waals surface area contributed by atoms with Gasteiger partial charge in [-0.3, -0.25) is 4.79 Å². The van der Waals surface area contributed by atoms with Crippen molar-refractivity contribution in [2.75, 3.05) is 13.2 Å². The minimum atomic E-state index is -0.554. The van der Waals surface area contributed by atoms with Crippen molar-refractivity contribution in [3.8, 4) is 0 Å². The third-order valence-electron chi connectivity index (χ3n) is 14.8. The van der Waals surface area contributed by atoms with Crippen LogP contribution in [0, 0.1) is 46.3 Å². The summed E-state index contributed by atoms with van der Waals surface area (Å²) < 4.78 is 12.1. The van der Waals surface area contributed by atoms with E-state index in [1.165, 1.54) is 128 Å². The second-order valence-electron chi connectivity index (χ2n) is 18.8. The number of esters is 1. The Balaban J connectivity index is 1.13. The lowest BCUT2D eigenvalue weighted by atomic mass is 9.47. The van der Waals surface area contributed by atoms with Gasteiger partial charge in [0.15, 0.2) is 0 Å². The highest BCUT2D eigenvalue weighted by atomic mass is 16.6. The topological polar surface area (TPSA) is 55.8 Å². The first-order valence-electron chi connectivity index (χ1n) is 22.2. The summed E-state index contributed by atoms with van der Waals surface area (Å²) in [5, 5.41) is 9.99. The molecule has 0 aliphatic heterocycles. The van der Waals surface area contributed by atoms with Crippen LogP contribution in [0.2, 0.25) is 0 Å². The van der Waals surface area contributed by atoms with Crippen molar-refractivity contribution >= 4 is 5.97 Å². The summed E-state index contributed by atoms with van der Waals surface area (Å²) in [6.45, 7) is 15.0. The van der Waals surface area contributed by atoms with Crippen LogP contribution in [0.15, 0.2) is 11.6 Å².